The summed E-state index contributed by atoms with van der Waals surface area (Å²) in [5.41, 5.74) is 1.15. The zero-order valence-corrected chi connectivity index (χ0v) is 14.3. The molecule has 0 spiro atoms. The minimum atomic E-state index is -0.381. The van der Waals surface area contributed by atoms with Crippen LogP contribution in [0.1, 0.15) is 31.7 Å². The Labute approximate surface area is 141 Å². The molecule has 2 aromatic rings. The number of nitrogens with zero attached hydrogens (tertiary/aromatic N) is 3. The number of thioether (sulfide) groups is 1. The lowest BCUT2D eigenvalue weighted by molar-refractivity contribution is 0.0330. The molecule has 0 radical (unpaired) electrons. The van der Waals surface area contributed by atoms with Gasteiger partial charge in [0.05, 0.1) is 19.8 Å². The Morgan fingerprint density at radius 3 is 2.83 bits per heavy atom. The largest absolute Gasteiger partial charge is 0.494 e. The van der Waals surface area contributed by atoms with Crippen LogP contribution in [0.2, 0.25) is 0 Å². The van der Waals surface area contributed by atoms with E-state index in [1.807, 2.05) is 28.6 Å². The lowest BCUT2D eigenvalue weighted by atomic mass is 10.1. The number of benzene rings is 1. The van der Waals surface area contributed by atoms with Gasteiger partial charge in [-0.15, -0.1) is 11.8 Å². The van der Waals surface area contributed by atoms with Gasteiger partial charge in [0.15, 0.2) is 4.93 Å². The number of rotatable bonds is 8. The number of ether oxygens (including phenoxy) is 2. The van der Waals surface area contributed by atoms with E-state index < -0.39 is 0 Å². The summed E-state index contributed by atoms with van der Waals surface area (Å²) in [5.74, 6) is 1.91. The van der Waals surface area contributed by atoms with Crippen molar-refractivity contribution in [3.05, 3.63) is 42.5 Å². The first-order valence-corrected chi connectivity index (χ1v) is 9.15. The molecule has 1 aromatic heterocycles. The van der Waals surface area contributed by atoms with E-state index >= 15 is 0 Å². The van der Waals surface area contributed by atoms with E-state index in [0.717, 1.165) is 36.7 Å². The summed E-state index contributed by atoms with van der Waals surface area (Å²) in [6.45, 7) is 4.40. The van der Waals surface area contributed by atoms with E-state index in [1.165, 1.54) is 12.8 Å². The van der Waals surface area contributed by atoms with Crippen molar-refractivity contribution >= 4 is 11.8 Å². The van der Waals surface area contributed by atoms with Crippen molar-refractivity contribution in [1.82, 2.24) is 14.8 Å². The third-order valence-electron chi connectivity index (χ3n) is 3.90. The number of hydrogen-bond acceptors (Lipinski definition) is 5. The monoisotopic (exact) mass is 333 g/mol. The van der Waals surface area contributed by atoms with Crippen molar-refractivity contribution in [2.24, 2.45) is 0 Å². The smallest absolute Gasteiger partial charge is 0.158 e. The molecule has 2 heterocycles. The second-order valence-corrected chi connectivity index (χ2v) is 6.98. The van der Waals surface area contributed by atoms with E-state index in [9.17, 15) is 0 Å². The van der Waals surface area contributed by atoms with Crippen LogP contribution in [0.4, 0.5) is 0 Å². The third kappa shape index (κ3) is 4.06. The molecule has 1 fully saturated rings. The molecule has 0 saturated carbocycles. The molecule has 1 unspecified atom stereocenters. The SMILES string of the molecule is CCCCCOc1ccc(C2(Cn3cncn3)OCCS2)cc1. The first-order chi connectivity index (χ1) is 11.3. The van der Waals surface area contributed by atoms with Crippen LogP contribution in [0.3, 0.4) is 0 Å². The molecule has 5 nitrogen and oxygen atoms in total. The van der Waals surface area contributed by atoms with E-state index in [2.05, 4.69) is 29.1 Å². The van der Waals surface area contributed by atoms with Crippen LogP contribution in [-0.4, -0.2) is 33.7 Å². The lowest BCUT2D eigenvalue weighted by Gasteiger charge is -2.27. The van der Waals surface area contributed by atoms with Gasteiger partial charge in [-0.3, -0.25) is 0 Å². The molecule has 0 N–H and O–H groups in total. The molecule has 3 rings (SSSR count). The molecular formula is C17H23N3O2S. The summed E-state index contributed by atoms with van der Waals surface area (Å²) in [7, 11) is 0. The maximum absolute atomic E-state index is 6.09. The molecule has 1 saturated heterocycles. The van der Waals surface area contributed by atoms with Crippen molar-refractivity contribution in [2.45, 2.75) is 37.7 Å². The second kappa shape index (κ2) is 7.84. The fourth-order valence-corrected chi connectivity index (χ4v) is 3.87. The molecule has 1 aliphatic heterocycles. The van der Waals surface area contributed by atoms with Crippen molar-refractivity contribution in [3.63, 3.8) is 0 Å². The number of unbranched alkanes of at least 4 members (excludes halogenated alkanes) is 2. The quantitative estimate of drug-likeness (QED) is 0.692. The van der Waals surface area contributed by atoms with E-state index in [-0.39, 0.29) is 4.93 Å². The summed E-state index contributed by atoms with van der Waals surface area (Å²) < 4.78 is 13.7. The summed E-state index contributed by atoms with van der Waals surface area (Å²) in [6, 6.07) is 8.27. The molecule has 1 atom stereocenters. The average molecular weight is 333 g/mol. The molecule has 1 aliphatic rings. The van der Waals surface area contributed by atoms with Gasteiger partial charge >= 0.3 is 0 Å². The molecule has 1 aromatic carbocycles. The normalized spacial score (nSPS) is 20.7. The van der Waals surface area contributed by atoms with Gasteiger partial charge in [0.25, 0.3) is 0 Å². The highest BCUT2D eigenvalue weighted by Gasteiger charge is 2.38. The second-order valence-electron chi connectivity index (χ2n) is 5.62. The van der Waals surface area contributed by atoms with Crippen LogP contribution in [-0.2, 0) is 16.2 Å². The predicted octanol–water partition coefficient (Wildman–Crippen LogP) is 3.46. The molecule has 23 heavy (non-hydrogen) atoms. The summed E-state index contributed by atoms with van der Waals surface area (Å²) in [4.78, 5) is 3.64. The number of hydrogen-bond donors (Lipinski definition) is 0. The van der Waals surface area contributed by atoms with Gasteiger partial charge in [-0.1, -0.05) is 31.9 Å². The van der Waals surface area contributed by atoms with Crippen LogP contribution in [0.15, 0.2) is 36.9 Å². The maximum Gasteiger partial charge on any atom is 0.158 e. The Bertz CT molecular complexity index is 580. The highest BCUT2D eigenvalue weighted by Crippen LogP contribution is 2.43. The Hall–Kier alpha value is -1.53. The van der Waals surface area contributed by atoms with E-state index in [1.54, 1.807) is 12.7 Å². The molecule has 124 valence electrons. The Morgan fingerprint density at radius 1 is 1.30 bits per heavy atom. The lowest BCUT2D eigenvalue weighted by Crippen LogP contribution is -2.28. The maximum atomic E-state index is 6.09. The van der Waals surface area contributed by atoms with Crippen LogP contribution in [0, 0.1) is 0 Å². The van der Waals surface area contributed by atoms with Gasteiger partial charge < -0.3 is 9.47 Å². The molecule has 0 bridgehead atoms. The fourth-order valence-electron chi connectivity index (χ4n) is 2.68. The summed E-state index contributed by atoms with van der Waals surface area (Å²) in [5, 5.41) is 4.21. The van der Waals surface area contributed by atoms with Gasteiger partial charge in [-0.2, -0.15) is 5.10 Å². The number of aromatic nitrogens is 3. The minimum Gasteiger partial charge on any atom is -0.494 e. The van der Waals surface area contributed by atoms with Crippen LogP contribution < -0.4 is 4.74 Å². The van der Waals surface area contributed by atoms with Crippen molar-refractivity contribution in [2.75, 3.05) is 19.0 Å². The first-order valence-electron chi connectivity index (χ1n) is 8.16. The van der Waals surface area contributed by atoms with Crippen LogP contribution in [0.5, 0.6) is 5.75 Å². The fraction of sp³-hybridized carbons (Fsp3) is 0.529. The third-order valence-corrected chi connectivity index (χ3v) is 5.22. The Balaban J connectivity index is 1.68. The van der Waals surface area contributed by atoms with Crippen molar-refractivity contribution in [3.8, 4) is 5.75 Å². The van der Waals surface area contributed by atoms with Gasteiger partial charge in [0.1, 0.15) is 18.4 Å². The Morgan fingerprint density at radius 2 is 2.17 bits per heavy atom. The molecule has 6 heteroatoms. The van der Waals surface area contributed by atoms with Crippen LogP contribution >= 0.6 is 11.8 Å². The molecule has 0 amide bonds. The zero-order valence-electron chi connectivity index (χ0n) is 13.5. The topological polar surface area (TPSA) is 49.2 Å². The van der Waals surface area contributed by atoms with Crippen molar-refractivity contribution in [1.29, 1.82) is 0 Å². The van der Waals surface area contributed by atoms with E-state index in [0.29, 0.717) is 6.54 Å². The van der Waals surface area contributed by atoms with Gasteiger partial charge in [-0.25, -0.2) is 9.67 Å². The highest BCUT2D eigenvalue weighted by atomic mass is 32.2. The molecular weight excluding hydrogens is 310 g/mol. The van der Waals surface area contributed by atoms with E-state index in [4.69, 9.17) is 9.47 Å². The highest BCUT2D eigenvalue weighted by molar-refractivity contribution is 8.00. The summed E-state index contributed by atoms with van der Waals surface area (Å²) >= 11 is 1.82. The van der Waals surface area contributed by atoms with Gasteiger partial charge in [0.2, 0.25) is 0 Å². The zero-order chi connectivity index (χ0) is 16.0. The average Bonchev–Trinajstić information content (AvgIpc) is 3.25. The predicted molar refractivity (Wildman–Crippen MR) is 91.6 cm³/mol. The van der Waals surface area contributed by atoms with Gasteiger partial charge in [0, 0.05) is 5.75 Å². The Kier molecular flexibility index (Phi) is 5.56. The van der Waals surface area contributed by atoms with Crippen molar-refractivity contribution < 1.29 is 9.47 Å². The summed E-state index contributed by atoms with van der Waals surface area (Å²) in [6.07, 6.45) is 6.81. The minimum absolute atomic E-state index is 0.381. The van der Waals surface area contributed by atoms with Crippen LogP contribution in [0.25, 0.3) is 0 Å². The molecule has 0 aliphatic carbocycles. The standard InChI is InChI=1S/C17H23N3O2S/c1-2-3-4-9-21-16-7-5-15(6-8-16)17(22-10-11-23-17)12-20-14-18-13-19-20/h5-8,13-14H,2-4,9-12H2,1H3. The van der Waals surface area contributed by atoms with Gasteiger partial charge in [-0.05, 0) is 24.1 Å². The first kappa shape index (κ1) is 16.3.